The van der Waals surface area contributed by atoms with E-state index in [0.717, 1.165) is 49.2 Å². The maximum Gasteiger partial charge on any atom is 0.227 e. The highest BCUT2D eigenvalue weighted by Gasteiger charge is 2.29. The van der Waals surface area contributed by atoms with Gasteiger partial charge in [-0.3, -0.25) is 9.48 Å². The lowest BCUT2D eigenvalue weighted by Crippen LogP contribution is -2.36. The predicted molar refractivity (Wildman–Crippen MR) is 77.4 cm³/mol. The number of amides is 1. The maximum atomic E-state index is 12.5. The Kier molecular flexibility index (Phi) is 4.81. The molecule has 0 aromatic carbocycles. The lowest BCUT2D eigenvalue weighted by molar-refractivity contribution is -0.131. The zero-order valence-corrected chi connectivity index (χ0v) is 12.7. The minimum atomic E-state index is 0.199. The van der Waals surface area contributed by atoms with Gasteiger partial charge in [-0.2, -0.15) is 5.10 Å². The van der Waals surface area contributed by atoms with Gasteiger partial charge < -0.3 is 10.0 Å². The van der Waals surface area contributed by atoms with Gasteiger partial charge in [0.25, 0.3) is 0 Å². The van der Waals surface area contributed by atoms with Gasteiger partial charge in [0.15, 0.2) is 0 Å². The molecule has 1 aliphatic rings. The van der Waals surface area contributed by atoms with Crippen molar-refractivity contribution in [2.45, 2.75) is 52.0 Å². The Balaban J connectivity index is 2.04. The van der Waals surface area contributed by atoms with Crippen molar-refractivity contribution in [2.75, 3.05) is 13.2 Å². The topological polar surface area (TPSA) is 58.4 Å². The standard InChI is InChI=1S/C15H25N3O2/c1-11-14(12(2)17(3)16-11)10-15(20)18-8-4-6-13(18)7-5-9-19/h13,19H,4-10H2,1-3H3. The maximum absolute atomic E-state index is 12.5. The third-order valence-corrected chi connectivity index (χ3v) is 4.38. The van der Waals surface area contributed by atoms with Crippen LogP contribution in [0.25, 0.3) is 0 Å². The van der Waals surface area contributed by atoms with Crippen LogP contribution >= 0.6 is 0 Å². The van der Waals surface area contributed by atoms with E-state index in [9.17, 15) is 4.79 Å². The number of aryl methyl sites for hydroxylation is 2. The number of rotatable bonds is 5. The quantitative estimate of drug-likeness (QED) is 0.885. The fourth-order valence-corrected chi connectivity index (χ4v) is 3.12. The highest BCUT2D eigenvalue weighted by atomic mass is 16.3. The van der Waals surface area contributed by atoms with Crippen molar-refractivity contribution in [1.82, 2.24) is 14.7 Å². The third-order valence-electron chi connectivity index (χ3n) is 4.38. The van der Waals surface area contributed by atoms with Crippen LogP contribution in [0.4, 0.5) is 0 Å². The largest absolute Gasteiger partial charge is 0.396 e. The van der Waals surface area contributed by atoms with Crippen LogP contribution in [0, 0.1) is 13.8 Å². The first-order chi connectivity index (χ1) is 9.54. The Morgan fingerprint density at radius 1 is 1.45 bits per heavy atom. The van der Waals surface area contributed by atoms with E-state index in [1.165, 1.54) is 0 Å². The molecule has 0 spiro atoms. The zero-order chi connectivity index (χ0) is 14.7. The van der Waals surface area contributed by atoms with E-state index in [0.29, 0.717) is 12.5 Å². The molecular weight excluding hydrogens is 254 g/mol. The molecule has 1 aromatic rings. The number of carbonyl (C=O) groups is 1. The van der Waals surface area contributed by atoms with Crippen LogP contribution in [0.1, 0.15) is 42.6 Å². The number of carbonyl (C=O) groups excluding carboxylic acids is 1. The molecule has 0 saturated carbocycles. The van der Waals surface area contributed by atoms with Crippen LogP contribution < -0.4 is 0 Å². The molecule has 5 heteroatoms. The summed E-state index contributed by atoms with van der Waals surface area (Å²) in [5.41, 5.74) is 3.08. The molecule has 20 heavy (non-hydrogen) atoms. The van der Waals surface area contributed by atoms with Crippen molar-refractivity contribution in [2.24, 2.45) is 7.05 Å². The molecule has 0 radical (unpaired) electrons. The SMILES string of the molecule is Cc1nn(C)c(C)c1CC(=O)N1CCCC1CCCO. The Bertz CT molecular complexity index is 482. The highest BCUT2D eigenvalue weighted by molar-refractivity contribution is 5.79. The molecule has 1 unspecified atom stereocenters. The van der Waals surface area contributed by atoms with Crippen molar-refractivity contribution in [3.05, 3.63) is 17.0 Å². The lowest BCUT2D eigenvalue weighted by atomic mass is 10.1. The van der Waals surface area contributed by atoms with E-state index in [-0.39, 0.29) is 12.5 Å². The van der Waals surface area contributed by atoms with Crippen LogP contribution in [0.2, 0.25) is 0 Å². The van der Waals surface area contributed by atoms with Crippen molar-refractivity contribution in [3.8, 4) is 0 Å². The van der Waals surface area contributed by atoms with Crippen molar-refractivity contribution in [3.63, 3.8) is 0 Å². The molecule has 5 nitrogen and oxygen atoms in total. The summed E-state index contributed by atoms with van der Waals surface area (Å²) in [6, 6.07) is 0.312. The number of nitrogens with zero attached hydrogens (tertiary/aromatic N) is 3. The van der Waals surface area contributed by atoms with Gasteiger partial charge in [-0.25, -0.2) is 0 Å². The van der Waals surface area contributed by atoms with Crippen LogP contribution in [0.15, 0.2) is 0 Å². The molecule has 1 N–H and O–H groups in total. The van der Waals surface area contributed by atoms with Gasteiger partial charge in [0.05, 0.1) is 12.1 Å². The second kappa shape index (κ2) is 6.39. The number of aliphatic hydroxyl groups is 1. The highest BCUT2D eigenvalue weighted by Crippen LogP contribution is 2.23. The molecule has 112 valence electrons. The fourth-order valence-electron chi connectivity index (χ4n) is 3.12. The Morgan fingerprint density at radius 3 is 2.80 bits per heavy atom. The summed E-state index contributed by atoms with van der Waals surface area (Å²) >= 11 is 0. The molecular formula is C15H25N3O2. The third kappa shape index (κ3) is 3.03. The summed E-state index contributed by atoms with van der Waals surface area (Å²) in [5.74, 6) is 0.199. The number of aromatic nitrogens is 2. The minimum absolute atomic E-state index is 0.199. The predicted octanol–water partition coefficient (Wildman–Crippen LogP) is 1.34. The van der Waals surface area contributed by atoms with E-state index >= 15 is 0 Å². The second-order valence-corrected chi connectivity index (χ2v) is 5.70. The average molecular weight is 279 g/mol. The van der Waals surface area contributed by atoms with E-state index in [2.05, 4.69) is 5.10 Å². The number of hydrogen-bond donors (Lipinski definition) is 1. The van der Waals surface area contributed by atoms with Gasteiger partial charge in [-0.15, -0.1) is 0 Å². The fraction of sp³-hybridized carbons (Fsp3) is 0.733. The van der Waals surface area contributed by atoms with Crippen molar-refractivity contribution < 1.29 is 9.90 Å². The van der Waals surface area contributed by atoms with Gasteiger partial charge in [-0.1, -0.05) is 0 Å². The first-order valence-corrected chi connectivity index (χ1v) is 7.44. The Hall–Kier alpha value is -1.36. The van der Waals surface area contributed by atoms with Crippen molar-refractivity contribution >= 4 is 5.91 Å². The van der Waals surface area contributed by atoms with Crippen molar-refractivity contribution in [1.29, 1.82) is 0 Å². The smallest absolute Gasteiger partial charge is 0.227 e. The molecule has 1 amide bonds. The van der Waals surface area contributed by atoms with E-state index < -0.39 is 0 Å². The molecule has 2 rings (SSSR count). The summed E-state index contributed by atoms with van der Waals surface area (Å²) in [6.07, 6.45) is 4.28. The Labute approximate surface area is 120 Å². The van der Waals surface area contributed by atoms with Crippen LogP contribution in [-0.4, -0.2) is 44.9 Å². The lowest BCUT2D eigenvalue weighted by Gasteiger charge is -2.24. The van der Waals surface area contributed by atoms with Crippen LogP contribution in [-0.2, 0) is 18.3 Å². The summed E-state index contributed by atoms with van der Waals surface area (Å²) in [7, 11) is 1.91. The molecule has 0 bridgehead atoms. The molecule has 1 atom stereocenters. The summed E-state index contributed by atoms with van der Waals surface area (Å²) < 4.78 is 1.84. The Morgan fingerprint density at radius 2 is 2.20 bits per heavy atom. The first-order valence-electron chi connectivity index (χ1n) is 7.44. The average Bonchev–Trinajstić information content (AvgIpc) is 2.97. The van der Waals surface area contributed by atoms with Gasteiger partial charge in [0, 0.05) is 37.5 Å². The van der Waals surface area contributed by atoms with E-state index in [1.807, 2.05) is 30.5 Å². The number of aliphatic hydroxyl groups excluding tert-OH is 1. The van der Waals surface area contributed by atoms with E-state index in [1.54, 1.807) is 0 Å². The number of likely N-dealkylation sites (tertiary alicyclic amines) is 1. The van der Waals surface area contributed by atoms with E-state index in [4.69, 9.17) is 5.11 Å². The first kappa shape index (κ1) is 15.0. The molecule has 1 aromatic heterocycles. The molecule has 1 saturated heterocycles. The van der Waals surface area contributed by atoms with Gasteiger partial charge in [0.1, 0.15) is 0 Å². The zero-order valence-electron chi connectivity index (χ0n) is 12.7. The minimum Gasteiger partial charge on any atom is -0.396 e. The molecule has 0 aliphatic carbocycles. The van der Waals surface area contributed by atoms with Gasteiger partial charge in [0.2, 0.25) is 5.91 Å². The monoisotopic (exact) mass is 279 g/mol. The van der Waals surface area contributed by atoms with Crippen LogP contribution in [0.5, 0.6) is 0 Å². The second-order valence-electron chi connectivity index (χ2n) is 5.70. The summed E-state index contributed by atoms with van der Waals surface area (Å²) in [5, 5.41) is 13.3. The molecule has 1 aliphatic heterocycles. The molecule has 2 heterocycles. The van der Waals surface area contributed by atoms with Gasteiger partial charge in [-0.05, 0) is 39.5 Å². The molecule has 1 fully saturated rings. The normalized spacial score (nSPS) is 18.8. The summed E-state index contributed by atoms with van der Waals surface area (Å²) in [6.45, 7) is 5.03. The summed E-state index contributed by atoms with van der Waals surface area (Å²) in [4.78, 5) is 14.5. The van der Waals surface area contributed by atoms with Crippen LogP contribution in [0.3, 0.4) is 0 Å². The van der Waals surface area contributed by atoms with Gasteiger partial charge >= 0.3 is 0 Å². The number of hydrogen-bond acceptors (Lipinski definition) is 3.